The van der Waals surface area contributed by atoms with Crippen LogP contribution in [0.5, 0.6) is 0 Å². The monoisotopic (exact) mass is 240 g/mol. The molecule has 1 unspecified atom stereocenters. The summed E-state index contributed by atoms with van der Waals surface area (Å²) in [5, 5.41) is 5.61. The van der Waals surface area contributed by atoms with Crippen molar-refractivity contribution in [2.24, 2.45) is 12.8 Å². The van der Waals surface area contributed by atoms with E-state index < -0.39 is 0 Å². The van der Waals surface area contributed by atoms with Gasteiger partial charge in [0, 0.05) is 35.4 Å². The molecular formula is C14H16N4. The molecule has 0 fully saturated rings. The number of nitrogens with zero attached hydrogens (tertiary/aromatic N) is 2. The van der Waals surface area contributed by atoms with Gasteiger partial charge in [0.1, 0.15) is 0 Å². The highest BCUT2D eigenvalue weighted by Gasteiger charge is 2.16. The van der Waals surface area contributed by atoms with Crippen molar-refractivity contribution in [3.63, 3.8) is 0 Å². The van der Waals surface area contributed by atoms with Crippen LogP contribution >= 0.6 is 0 Å². The number of aromatic amines is 1. The zero-order valence-electron chi connectivity index (χ0n) is 10.5. The Kier molecular flexibility index (Phi) is 2.45. The number of nitrogens with one attached hydrogen (secondary N) is 1. The molecule has 0 aliphatic carbocycles. The predicted octanol–water partition coefficient (Wildman–Crippen LogP) is 2.26. The molecule has 2 aromatic heterocycles. The molecule has 4 heteroatoms. The summed E-state index contributed by atoms with van der Waals surface area (Å²) in [6.07, 6.45) is 1.97. The molecule has 0 amide bonds. The van der Waals surface area contributed by atoms with Gasteiger partial charge in [-0.05, 0) is 19.1 Å². The Morgan fingerprint density at radius 3 is 2.83 bits per heavy atom. The smallest absolute Gasteiger partial charge is 0.0840 e. The van der Waals surface area contributed by atoms with Gasteiger partial charge in [0.25, 0.3) is 0 Å². The largest absolute Gasteiger partial charge is 0.361 e. The number of para-hydroxylation sites is 1. The van der Waals surface area contributed by atoms with E-state index in [9.17, 15) is 0 Å². The van der Waals surface area contributed by atoms with E-state index in [1.54, 1.807) is 0 Å². The Hall–Kier alpha value is -2.07. The van der Waals surface area contributed by atoms with Gasteiger partial charge < -0.3 is 10.7 Å². The van der Waals surface area contributed by atoms with Gasteiger partial charge in [-0.25, -0.2) is 0 Å². The molecule has 1 atom stereocenters. The number of hydrogen-bond donors (Lipinski definition) is 2. The summed E-state index contributed by atoms with van der Waals surface area (Å²) in [5.74, 6) is 0. The van der Waals surface area contributed by atoms with Gasteiger partial charge >= 0.3 is 0 Å². The number of hydrogen-bond acceptors (Lipinski definition) is 2. The first kappa shape index (κ1) is 11.0. The van der Waals surface area contributed by atoms with Crippen molar-refractivity contribution in [3.05, 3.63) is 53.5 Å². The predicted molar refractivity (Wildman–Crippen MR) is 72.3 cm³/mol. The molecule has 0 spiro atoms. The molecule has 1 aromatic carbocycles. The highest BCUT2D eigenvalue weighted by Crippen LogP contribution is 2.26. The van der Waals surface area contributed by atoms with E-state index in [0.717, 1.165) is 27.9 Å². The summed E-state index contributed by atoms with van der Waals surface area (Å²) in [4.78, 5) is 3.25. The van der Waals surface area contributed by atoms with Gasteiger partial charge in [-0.15, -0.1) is 0 Å². The summed E-state index contributed by atoms with van der Waals surface area (Å²) < 4.78 is 1.85. The van der Waals surface area contributed by atoms with Gasteiger partial charge in [0.2, 0.25) is 0 Å². The van der Waals surface area contributed by atoms with Crippen molar-refractivity contribution >= 4 is 10.9 Å². The van der Waals surface area contributed by atoms with Crippen LogP contribution in [0, 0.1) is 6.92 Å². The summed E-state index contributed by atoms with van der Waals surface area (Å²) in [6.45, 7) is 2.03. The van der Waals surface area contributed by atoms with Gasteiger partial charge in [-0.1, -0.05) is 18.2 Å². The molecule has 4 nitrogen and oxygen atoms in total. The van der Waals surface area contributed by atoms with Crippen LogP contribution in [0.25, 0.3) is 10.9 Å². The molecule has 3 aromatic rings. The molecule has 0 aliphatic heterocycles. The zero-order valence-corrected chi connectivity index (χ0v) is 10.5. The van der Waals surface area contributed by atoms with E-state index in [1.165, 1.54) is 0 Å². The Labute approximate surface area is 105 Å². The molecule has 92 valence electrons. The minimum absolute atomic E-state index is 0.193. The summed E-state index contributed by atoms with van der Waals surface area (Å²) in [7, 11) is 1.93. The topological polar surface area (TPSA) is 59.6 Å². The number of aromatic nitrogens is 3. The number of rotatable bonds is 2. The Morgan fingerprint density at radius 2 is 2.11 bits per heavy atom. The average molecular weight is 240 g/mol. The van der Waals surface area contributed by atoms with E-state index in [2.05, 4.69) is 22.2 Å². The van der Waals surface area contributed by atoms with E-state index in [4.69, 9.17) is 5.73 Å². The number of benzene rings is 1. The lowest BCUT2D eigenvalue weighted by Crippen LogP contribution is -2.12. The third-order valence-corrected chi connectivity index (χ3v) is 3.41. The highest BCUT2D eigenvalue weighted by molar-refractivity contribution is 5.83. The summed E-state index contributed by atoms with van der Waals surface area (Å²) in [6, 6.07) is 10.0. The lowest BCUT2D eigenvalue weighted by Gasteiger charge is -2.07. The Bertz CT molecular complexity index is 673. The van der Waals surface area contributed by atoms with Crippen molar-refractivity contribution in [3.8, 4) is 0 Å². The van der Waals surface area contributed by atoms with E-state index in [-0.39, 0.29) is 6.04 Å². The summed E-state index contributed by atoms with van der Waals surface area (Å²) >= 11 is 0. The number of fused-ring (bicyclic) bond motifs is 1. The fourth-order valence-electron chi connectivity index (χ4n) is 2.25. The van der Waals surface area contributed by atoms with Crippen LogP contribution in [-0.2, 0) is 7.05 Å². The Morgan fingerprint density at radius 1 is 1.33 bits per heavy atom. The highest BCUT2D eigenvalue weighted by atomic mass is 15.3. The molecule has 2 heterocycles. The third kappa shape index (κ3) is 1.62. The van der Waals surface area contributed by atoms with Crippen LogP contribution in [-0.4, -0.2) is 14.8 Å². The lowest BCUT2D eigenvalue weighted by molar-refractivity contribution is 0.702. The number of H-pyrrole nitrogens is 1. The maximum Gasteiger partial charge on any atom is 0.0840 e. The van der Waals surface area contributed by atoms with Crippen LogP contribution in [0.15, 0.2) is 36.5 Å². The van der Waals surface area contributed by atoms with Gasteiger partial charge in [0.05, 0.1) is 11.7 Å². The van der Waals surface area contributed by atoms with E-state index in [1.807, 2.05) is 43.0 Å². The van der Waals surface area contributed by atoms with Gasteiger partial charge in [-0.2, -0.15) is 5.10 Å². The molecule has 0 bridgehead atoms. The first-order valence-electron chi connectivity index (χ1n) is 5.99. The van der Waals surface area contributed by atoms with Crippen LogP contribution in [0.3, 0.4) is 0 Å². The van der Waals surface area contributed by atoms with Crippen molar-refractivity contribution in [2.75, 3.05) is 0 Å². The fourth-order valence-corrected chi connectivity index (χ4v) is 2.25. The average Bonchev–Trinajstić information content (AvgIpc) is 2.93. The van der Waals surface area contributed by atoms with Gasteiger partial charge in [-0.3, -0.25) is 4.68 Å². The minimum Gasteiger partial charge on any atom is -0.361 e. The minimum atomic E-state index is -0.193. The zero-order chi connectivity index (χ0) is 12.7. The molecule has 3 rings (SSSR count). The fraction of sp³-hybridized carbons (Fsp3) is 0.214. The van der Waals surface area contributed by atoms with E-state index in [0.29, 0.717) is 0 Å². The number of nitrogens with two attached hydrogens (primary N) is 1. The van der Waals surface area contributed by atoms with Crippen LogP contribution < -0.4 is 5.73 Å². The SMILES string of the molecule is Cc1cc(C(N)c2c[nH]c3ccccc23)nn1C. The van der Waals surface area contributed by atoms with Gasteiger partial charge in [0.15, 0.2) is 0 Å². The van der Waals surface area contributed by atoms with Crippen molar-refractivity contribution < 1.29 is 0 Å². The normalized spacial score (nSPS) is 13.1. The van der Waals surface area contributed by atoms with Crippen LogP contribution in [0.1, 0.15) is 23.0 Å². The quantitative estimate of drug-likeness (QED) is 0.721. The van der Waals surface area contributed by atoms with Crippen molar-refractivity contribution in [1.29, 1.82) is 0 Å². The molecular weight excluding hydrogens is 224 g/mol. The standard InChI is InChI=1S/C14H16N4/c1-9-7-13(17-18(9)2)14(15)11-8-16-12-6-4-3-5-10(11)12/h3-8,14,16H,15H2,1-2H3. The second kappa shape index (κ2) is 3.99. The molecule has 3 N–H and O–H groups in total. The maximum atomic E-state index is 6.31. The molecule has 18 heavy (non-hydrogen) atoms. The summed E-state index contributed by atoms with van der Waals surface area (Å²) in [5.41, 5.74) is 10.5. The first-order chi connectivity index (χ1) is 8.66. The second-order valence-corrected chi connectivity index (χ2v) is 4.60. The Balaban J connectivity index is 2.09. The third-order valence-electron chi connectivity index (χ3n) is 3.41. The number of aryl methyl sites for hydroxylation is 2. The first-order valence-corrected chi connectivity index (χ1v) is 5.99. The molecule has 0 aliphatic rings. The van der Waals surface area contributed by atoms with Crippen molar-refractivity contribution in [1.82, 2.24) is 14.8 Å². The van der Waals surface area contributed by atoms with Crippen LogP contribution in [0.4, 0.5) is 0 Å². The molecule has 0 saturated heterocycles. The maximum absolute atomic E-state index is 6.31. The molecule has 0 saturated carbocycles. The second-order valence-electron chi connectivity index (χ2n) is 4.60. The lowest BCUT2D eigenvalue weighted by atomic mass is 10.0. The molecule has 0 radical (unpaired) electrons. The van der Waals surface area contributed by atoms with E-state index >= 15 is 0 Å². The van der Waals surface area contributed by atoms with Crippen molar-refractivity contribution in [2.45, 2.75) is 13.0 Å². The van der Waals surface area contributed by atoms with Crippen LogP contribution in [0.2, 0.25) is 0 Å².